The molecule has 2 aromatic rings. The van der Waals surface area contributed by atoms with Gasteiger partial charge in [0.15, 0.2) is 0 Å². The number of nitrogens with two attached hydrogens (primary N) is 1. The van der Waals surface area contributed by atoms with Gasteiger partial charge in [-0.15, -0.1) is 0 Å². The summed E-state index contributed by atoms with van der Waals surface area (Å²) < 4.78 is 6.27. The molecule has 0 bridgehead atoms. The largest absolute Gasteiger partial charge is 0.496 e. The Morgan fingerprint density at radius 1 is 1.33 bits per heavy atom. The summed E-state index contributed by atoms with van der Waals surface area (Å²) in [7, 11) is 1.67. The van der Waals surface area contributed by atoms with Crippen molar-refractivity contribution >= 4 is 15.9 Å². The van der Waals surface area contributed by atoms with E-state index in [2.05, 4.69) is 20.9 Å². The first-order valence-electron chi connectivity index (χ1n) is 5.68. The van der Waals surface area contributed by atoms with Crippen LogP contribution in [0.1, 0.15) is 17.2 Å². The summed E-state index contributed by atoms with van der Waals surface area (Å²) in [6, 6.07) is 9.82. The predicted octanol–water partition coefficient (Wildman–Crippen LogP) is 3.10. The van der Waals surface area contributed by atoms with Crippen LogP contribution in [0.25, 0.3) is 0 Å². The number of hydrogen-bond acceptors (Lipinski definition) is 3. The van der Waals surface area contributed by atoms with E-state index in [4.69, 9.17) is 10.5 Å². The third kappa shape index (κ3) is 3.09. The van der Waals surface area contributed by atoms with Crippen LogP contribution in [0.15, 0.2) is 47.2 Å². The second kappa shape index (κ2) is 5.98. The minimum absolute atomic E-state index is 0.0914. The van der Waals surface area contributed by atoms with Gasteiger partial charge in [-0.1, -0.05) is 18.2 Å². The van der Waals surface area contributed by atoms with Crippen molar-refractivity contribution in [2.75, 3.05) is 7.11 Å². The number of pyridine rings is 1. The highest BCUT2D eigenvalue weighted by Crippen LogP contribution is 2.24. The molecule has 1 unspecified atom stereocenters. The van der Waals surface area contributed by atoms with E-state index in [0.717, 1.165) is 27.8 Å². The second-order valence-corrected chi connectivity index (χ2v) is 4.97. The first kappa shape index (κ1) is 13.1. The van der Waals surface area contributed by atoms with Crippen LogP contribution in [0.3, 0.4) is 0 Å². The minimum atomic E-state index is -0.0914. The van der Waals surface area contributed by atoms with E-state index in [-0.39, 0.29) is 6.04 Å². The van der Waals surface area contributed by atoms with Crippen LogP contribution in [0, 0.1) is 0 Å². The molecule has 4 heteroatoms. The Balaban J connectivity index is 2.18. The van der Waals surface area contributed by atoms with Crippen molar-refractivity contribution in [1.82, 2.24) is 4.98 Å². The number of para-hydroxylation sites is 1. The van der Waals surface area contributed by atoms with Gasteiger partial charge < -0.3 is 10.5 Å². The zero-order valence-corrected chi connectivity index (χ0v) is 11.7. The van der Waals surface area contributed by atoms with Gasteiger partial charge in [0.25, 0.3) is 0 Å². The number of ether oxygens (including phenoxy) is 1. The van der Waals surface area contributed by atoms with Crippen molar-refractivity contribution in [3.63, 3.8) is 0 Å². The molecule has 18 heavy (non-hydrogen) atoms. The standard InChI is InChI=1S/C14H15BrN2O/c1-18-14-5-3-2-4-10(14)7-13(16)11-6-12(15)9-17-8-11/h2-6,8-9,13H,7,16H2,1H3. The number of halogens is 1. The molecule has 1 aromatic carbocycles. The van der Waals surface area contributed by atoms with Gasteiger partial charge in [0.1, 0.15) is 5.75 Å². The first-order chi connectivity index (χ1) is 8.70. The lowest BCUT2D eigenvalue weighted by molar-refractivity contribution is 0.408. The molecule has 0 aliphatic heterocycles. The Labute approximate surface area is 115 Å². The Bertz CT molecular complexity index is 531. The molecule has 0 spiro atoms. The van der Waals surface area contributed by atoms with Crippen molar-refractivity contribution in [1.29, 1.82) is 0 Å². The third-order valence-corrected chi connectivity index (χ3v) is 3.22. The van der Waals surface area contributed by atoms with Gasteiger partial charge >= 0.3 is 0 Å². The maximum Gasteiger partial charge on any atom is 0.122 e. The van der Waals surface area contributed by atoms with Gasteiger partial charge in [0.2, 0.25) is 0 Å². The number of methoxy groups -OCH3 is 1. The quantitative estimate of drug-likeness (QED) is 0.944. The molecule has 1 aromatic heterocycles. The minimum Gasteiger partial charge on any atom is -0.496 e. The summed E-state index contributed by atoms with van der Waals surface area (Å²) in [5.74, 6) is 0.871. The molecule has 1 heterocycles. The van der Waals surface area contributed by atoms with E-state index < -0.39 is 0 Å². The fourth-order valence-corrected chi connectivity index (χ4v) is 2.24. The summed E-state index contributed by atoms with van der Waals surface area (Å²) in [6.45, 7) is 0. The zero-order valence-electron chi connectivity index (χ0n) is 10.1. The molecule has 3 nitrogen and oxygen atoms in total. The van der Waals surface area contributed by atoms with Gasteiger partial charge in [0.05, 0.1) is 7.11 Å². The van der Waals surface area contributed by atoms with E-state index in [1.165, 1.54) is 0 Å². The molecule has 2 N–H and O–H groups in total. The van der Waals surface area contributed by atoms with E-state index in [0.29, 0.717) is 0 Å². The summed E-state index contributed by atoms with van der Waals surface area (Å²) in [4.78, 5) is 4.13. The average Bonchev–Trinajstić information content (AvgIpc) is 2.39. The SMILES string of the molecule is COc1ccccc1CC(N)c1cncc(Br)c1. The fourth-order valence-electron chi connectivity index (χ4n) is 1.86. The lowest BCUT2D eigenvalue weighted by Crippen LogP contribution is -2.14. The highest BCUT2D eigenvalue weighted by Gasteiger charge is 2.11. The molecule has 0 saturated heterocycles. The maximum atomic E-state index is 6.20. The molecule has 0 radical (unpaired) electrons. The second-order valence-electron chi connectivity index (χ2n) is 4.06. The van der Waals surface area contributed by atoms with Gasteiger partial charge in [0, 0.05) is 22.9 Å². The van der Waals surface area contributed by atoms with Gasteiger partial charge in [-0.3, -0.25) is 4.98 Å². The topological polar surface area (TPSA) is 48.1 Å². The van der Waals surface area contributed by atoms with Crippen molar-refractivity contribution < 1.29 is 4.74 Å². The van der Waals surface area contributed by atoms with Crippen LogP contribution in [-0.2, 0) is 6.42 Å². The maximum absolute atomic E-state index is 6.20. The smallest absolute Gasteiger partial charge is 0.122 e. The predicted molar refractivity (Wildman–Crippen MR) is 75.6 cm³/mol. The van der Waals surface area contributed by atoms with E-state index in [1.807, 2.05) is 30.3 Å². The van der Waals surface area contributed by atoms with Crippen molar-refractivity contribution in [3.8, 4) is 5.75 Å². The molecule has 1 atom stereocenters. The monoisotopic (exact) mass is 306 g/mol. The molecule has 0 saturated carbocycles. The summed E-state index contributed by atoms with van der Waals surface area (Å²) in [6.07, 6.45) is 4.27. The van der Waals surface area contributed by atoms with Crippen LogP contribution in [0.4, 0.5) is 0 Å². The van der Waals surface area contributed by atoms with E-state index in [9.17, 15) is 0 Å². The van der Waals surface area contributed by atoms with Gasteiger partial charge in [-0.2, -0.15) is 0 Å². The highest BCUT2D eigenvalue weighted by molar-refractivity contribution is 9.10. The van der Waals surface area contributed by atoms with Gasteiger partial charge in [-0.25, -0.2) is 0 Å². The van der Waals surface area contributed by atoms with Gasteiger partial charge in [-0.05, 0) is 45.6 Å². The Morgan fingerprint density at radius 2 is 2.11 bits per heavy atom. The van der Waals surface area contributed by atoms with Crippen molar-refractivity contribution in [2.45, 2.75) is 12.5 Å². The molecule has 0 aliphatic carbocycles. The Kier molecular flexibility index (Phi) is 4.33. The number of rotatable bonds is 4. The lowest BCUT2D eigenvalue weighted by atomic mass is 10.0. The molecular weight excluding hydrogens is 292 g/mol. The molecule has 2 rings (SSSR count). The first-order valence-corrected chi connectivity index (χ1v) is 6.48. The summed E-state index contributed by atoms with van der Waals surface area (Å²) in [5, 5.41) is 0. The van der Waals surface area contributed by atoms with E-state index in [1.54, 1.807) is 19.5 Å². The average molecular weight is 307 g/mol. The lowest BCUT2D eigenvalue weighted by Gasteiger charge is -2.14. The molecule has 0 aliphatic rings. The van der Waals surface area contributed by atoms with Crippen LogP contribution in [0.5, 0.6) is 5.75 Å². The van der Waals surface area contributed by atoms with Crippen molar-refractivity contribution in [3.05, 3.63) is 58.3 Å². The number of aromatic nitrogens is 1. The fraction of sp³-hybridized carbons (Fsp3) is 0.214. The molecular formula is C14H15BrN2O. The molecule has 0 fully saturated rings. The normalized spacial score (nSPS) is 12.2. The van der Waals surface area contributed by atoms with E-state index >= 15 is 0 Å². The Morgan fingerprint density at radius 3 is 2.83 bits per heavy atom. The number of benzene rings is 1. The molecule has 0 amide bonds. The highest BCUT2D eigenvalue weighted by atomic mass is 79.9. The zero-order chi connectivity index (χ0) is 13.0. The summed E-state index contributed by atoms with van der Waals surface area (Å²) in [5.41, 5.74) is 8.32. The third-order valence-electron chi connectivity index (χ3n) is 2.79. The number of hydrogen-bond donors (Lipinski definition) is 1. The number of nitrogens with zero attached hydrogens (tertiary/aromatic N) is 1. The van der Waals surface area contributed by atoms with Crippen LogP contribution in [-0.4, -0.2) is 12.1 Å². The Hall–Kier alpha value is -1.39. The van der Waals surface area contributed by atoms with Crippen molar-refractivity contribution in [2.24, 2.45) is 5.73 Å². The molecule has 94 valence electrons. The van der Waals surface area contributed by atoms with Crippen LogP contribution < -0.4 is 10.5 Å². The van der Waals surface area contributed by atoms with Crippen LogP contribution >= 0.6 is 15.9 Å². The van der Waals surface area contributed by atoms with Crippen LogP contribution in [0.2, 0.25) is 0 Å². The summed E-state index contributed by atoms with van der Waals surface area (Å²) >= 11 is 3.40.